The van der Waals surface area contributed by atoms with Gasteiger partial charge in [-0.1, -0.05) is 41.9 Å². The van der Waals surface area contributed by atoms with Gasteiger partial charge in [-0.15, -0.1) is 0 Å². The summed E-state index contributed by atoms with van der Waals surface area (Å²) in [5.74, 6) is -0.109. The molecular formula is C20H22ClNO4. The summed E-state index contributed by atoms with van der Waals surface area (Å²) in [7, 11) is 5.42. The van der Waals surface area contributed by atoms with Crippen LogP contribution in [0.2, 0.25) is 5.02 Å². The molecule has 0 radical (unpaired) electrons. The van der Waals surface area contributed by atoms with Gasteiger partial charge in [0, 0.05) is 6.54 Å². The van der Waals surface area contributed by atoms with Crippen molar-refractivity contribution < 1.29 is 19.4 Å². The van der Waals surface area contributed by atoms with Crippen LogP contribution in [-0.4, -0.2) is 50.3 Å². The molecule has 0 saturated carbocycles. The predicted octanol–water partition coefficient (Wildman–Crippen LogP) is 3.91. The summed E-state index contributed by atoms with van der Waals surface area (Å²) in [6.45, 7) is 1.20. The minimum atomic E-state index is -1.02. The first kappa shape index (κ1) is 19.8. The Morgan fingerprint density at radius 2 is 1.92 bits per heavy atom. The van der Waals surface area contributed by atoms with Crippen LogP contribution in [0, 0.1) is 0 Å². The molecule has 0 saturated heterocycles. The van der Waals surface area contributed by atoms with Gasteiger partial charge in [0.25, 0.3) is 0 Å². The largest absolute Gasteiger partial charge is 0.493 e. The fraction of sp³-hybridized carbons (Fsp3) is 0.250. The number of carbonyl (C=O) groups is 1. The van der Waals surface area contributed by atoms with Gasteiger partial charge < -0.3 is 19.5 Å². The van der Waals surface area contributed by atoms with Gasteiger partial charge in [-0.05, 0) is 43.4 Å². The lowest BCUT2D eigenvalue weighted by Crippen LogP contribution is -2.19. The number of carboxylic acid groups (broad SMARTS) is 1. The monoisotopic (exact) mass is 375 g/mol. The molecular weight excluding hydrogens is 354 g/mol. The van der Waals surface area contributed by atoms with Gasteiger partial charge in [-0.25, -0.2) is 4.79 Å². The Bertz CT molecular complexity index is 788. The average Bonchev–Trinajstić information content (AvgIpc) is 2.61. The average molecular weight is 376 g/mol. The Morgan fingerprint density at radius 3 is 2.50 bits per heavy atom. The van der Waals surface area contributed by atoms with Crippen molar-refractivity contribution in [2.45, 2.75) is 0 Å². The molecule has 26 heavy (non-hydrogen) atoms. The zero-order valence-electron chi connectivity index (χ0n) is 15.0. The summed E-state index contributed by atoms with van der Waals surface area (Å²) in [5.41, 5.74) is 1.40. The van der Waals surface area contributed by atoms with Gasteiger partial charge in [-0.3, -0.25) is 0 Å². The van der Waals surface area contributed by atoms with Crippen LogP contribution < -0.4 is 9.47 Å². The quantitative estimate of drug-likeness (QED) is 0.560. The lowest BCUT2D eigenvalue weighted by atomic mass is 10.0. The SMILES string of the molecule is COc1cc(/C=C(\C(=O)O)c2ccccc2)cc(Cl)c1OCCN(C)C. The van der Waals surface area contributed by atoms with Gasteiger partial charge in [0.1, 0.15) is 6.61 Å². The Kier molecular flexibility index (Phi) is 7.06. The number of nitrogens with zero attached hydrogens (tertiary/aromatic N) is 1. The molecule has 0 aliphatic rings. The summed E-state index contributed by atoms with van der Waals surface area (Å²) in [6, 6.07) is 12.3. The molecule has 0 fully saturated rings. The van der Waals surface area contributed by atoms with E-state index in [1.165, 1.54) is 7.11 Å². The van der Waals surface area contributed by atoms with Gasteiger partial charge in [0.05, 0.1) is 17.7 Å². The molecule has 138 valence electrons. The highest BCUT2D eigenvalue weighted by Crippen LogP contribution is 2.37. The summed E-state index contributed by atoms with van der Waals surface area (Å²) in [4.78, 5) is 13.7. The molecule has 2 aromatic rings. The highest BCUT2D eigenvalue weighted by molar-refractivity contribution is 6.32. The lowest BCUT2D eigenvalue weighted by Gasteiger charge is -2.15. The summed E-state index contributed by atoms with van der Waals surface area (Å²) >= 11 is 6.34. The third-order valence-corrected chi connectivity index (χ3v) is 3.94. The van der Waals surface area contributed by atoms with Crippen LogP contribution in [0.4, 0.5) is 0 Å². The minimum absolute atomic E-state index is 0.171. The Labute approximate surface area is 158 Å². The second kappa shape index (κ2) is 9.27. The van der Waals surface area contributed by atoms with Crippen molar-refractivity contribution in [2.24, 2.45) is 0 Å². The van der Waals surface area contributed by atoms with Crippen LogP contribution in [0.25, 0.3) is 11.6 Å². The lowest BCUT2D eigenvalue weighted by molar-refractivity contribution is -0.130. The Balaban J connectivity index is 2.37. The molecule has 0 atom stereocenters. The van der Waals surface area contributed by atoms with Crippen LogP contribution in [0.1, 0.15) is 11.1 Å². The minimum Gasteiger partial charge on any atom is -0.493 e. The van der Waals surface area contributed by atoms with Crippen molar-refractivity contribution in [1.29, 1.82) is 0 Å². The molecule has 2 rings (SSSR count). The molecule has 0 aromatic heterocycles. The third-order valence-electron chi connectivity index (χ3n) is 3.66. The van der Waals surface area contributed by atoms with Crippen molar-refractivity contribution >= 4 is 29.2 Å². The standard InChI is InChI=1S/C20H22ClNO4/c1-22(2)9-10-26-19-17(21)12-14(13-18(19)25-3)11-16(20(23)24)15-7-5-4-6-8-15/h4-8,11-13H,9-10H2,1-3H3,(H,23,24)/b16-11-. The van der Waals surface area contributed by atoms with E-state index in [4.69, 9.17) is 21.1 Å². The molecule has 6 heteroatoms. The molecule has 0 bridgehead atoms. The van der Waals surface area contributed by atoms with Crippen LogP contribution in [0.5, 0.6) is 11.5 Å². The number of hydrogen-bond donors (Lipinski definition) is 1. The van der Waals surface area contributed by atoms with E-state index in [-0.39, 0.29) is 5.57 Å². The molecule has 0 amide bonds. The number of methoxy groups -OCH3 is 1. The van der Waals surface area contributed by atoms with Crippen LogP contribution in [-0.2, 0) is 4.79 Å². The van der Waals surface area contributed by atoms with E-state index < -0.39 is 5.97 Å². The second-order valence-electron chi connectivity index (χ2n) is 5.92. The highest BCUT2D eigenvalue weighted by Gasteiger charge is 2.14. The van der Waals surface area contributed by atoms with Crippen molar-refractivity contribution in [3.63, 3.8) is 0 Å². The van der Waals surface area contributed by atoms with Crippen LogP contribution in [0.15, 0.2) is 42.5 Å². The topological polar surface area (TPSA) is 59.0 Å². The smallest absolute Gasteiger partial charge is 0.336 e. The highest BCUT2D eigenvalue weighted by atomic mass is 35.5. The van der Waals surface area contributed by atoms with Crippen molar-refractivity contribution in [3.8, 4) is 11.5 Å². The van der Waals surface area contributed by atoms with Crippen molar-refractivity contribution in [3.05, 3.63) is 58.6 Å². The number of hydrogen-bond acceptors (Lipinski definition) is 4. The van der Waals surface area contributed by atoms with Crippen LogP contribution in [0.3, 0.4) is 0 Å². The maximum Gasteiger partial charge on any atom is 0.336 e. The molecule has 0 heterocycles. The van der Waals surface area contributed by atoms with E-state index in [1.54, 1.807) is 42.5 Å². The van der Waals surface area contributed by atoms with Crippen molar-refractivity contribution in [2.75, 3.05) is 34.4 Å². The number of rotatable bonds is 8. The number of carboxylic acids is 1. The zero-order chi connectivity index (χ0) is 19.1. The van der Waals surface area contributed by atoms with E-state index >= 15 is 0 Å². The third kappa shape index (κ3) is 5.25. The Morgan fingerprint density at radius 1 is 1.23 bits per heavy atom. The number of likely N-dealkylation sites (N-methyl/N-ethyl adjacent to an activating group) is 1. The number of benzene rings is 2. The van der Waals surface area contributed by atoms with Crippen LogP contribution >= 0.6 is 11.6 Å². The number of ether oxygens (including phenoxy) is 2. The second-order valence-corrected chi connectivity index (χ2v) is 6.32. The van der Waals surface area contributed by atoms with E-state index in [0.717, 1.165) is 6.54 Å². The van der Waals surface area contributed by atoms with E-state index in [1.807, 2.05) is 25.1 Å². The Hall–Kier alpha value is -2.50. The molecule has 0 aliphatic heterocycles. The maximum absolute atomic E-state index is 11.7. The van der Waals surface area contributed by atoms with E-state index in [2.05, 4.69) is 0 Å². The summed E-state index contributed by atoms with van der Waals surface area (Å²) in [5, 5.41) is 9.91. The first-order valence-corrected chi connectivity index (χ1v) is 8.45. The summed E-state index contributed by atoms with van der Waals surface area (Å²) in [6.07, 6.45) is 1.57. The fourth-order valence-corrected chi connectivity index (χ4v) is 2.62. The fourth-order valence-electron chi connectivity index (χ4n) is 2.35. The first-order valence-electron chi connectivity index (χ1n) is 8.08. The molecule has 0 spiro atoms. The van der Waals surface area contributed by atoms with E-state index in [0.29, 0.717) is 34.3 Å². The first-order chi connectivity index (χ1) is 12.4. The number of halogens is 1. The molecule has 0 aliphatic carbocycles. The number of aliphatic carboxylic acids is 1. The van der Waals surface area contributed by atoms with Gasteiger partial charge in [0.15, 0.2) is 11.5 Å². The normalized spacial score (nSPS) is 11.5. The van der Waals surface area contributed by atoms with E-state index in [9.17, 15) is 9.90 Å². The zero-order valence-corrected chi connectivity index (χ0v) is 15.8. The van der Waals surface area contributed by atoms with Gasteiger partial charge in [-0.2, -0.15) is 0 Å². The molecule has 2 aromatic carbocycles. The molecule has 0 unspecified atom stereocenters. The van der Waals surface area contributed by atoms with Gasteiger partial charge in [0.2, 0.25) is 0 Å². The maximum atomic E-state index is 11.7. The van der Waals surface area contributed by atoms with Gasteiger partial charge >= 0.3 is 5.97 Å². The molecule has 5 nitrogen and oxygen atoms in total. The van der Waals surface area contributed by atoms with Crippen molar-refractivity contribution in [1.82, 2.24) is 4.90 Å². The summed E-state index contributed by atoms with van der Waals surface area (Å²) < 4.78 is 11.1. The molecule has 1 N–H and O–H groups in total. The predicted molar refractivity (Wildman–Crippen MR) is 104 cm³/mol.